The molecule has 2 rings (SSSR count). The molecule has 1 fully saturated rings. The molecule has 1 unspecified atom stereocenters. The Balaban J connectivity index is 2.15. The Labute approximate surface area is 102 Å². The van der Waals surface area contributed by atoms with E-state index in [0.717, 1.165) is 11.5 Å². The van der Waals surface area contributed by atoms with Crippen LogP contribution in [-0.2, 0) is 6.54 Å². The van der Waals surface area contributed by atoms with Gasteiger partial charge in [0.2, 0.25) is 0 Å². The molecule has 1 aromatic heterocycles. The number of hydrogen-bond donors (Lipinski definition) is 1. The molecule has 1 aromatic rings. The van der Waals surface area contributed by atoms with Gasteiger partial charge in [-0.3, -0.25) is 9.36 Å². The van der Waals surface area contributed by atoms with Gasteiger partial charge in [-0.15, -0.1) is 0 Å². The van der Waals surface area contributed by atoms with Gasteiger partial charge in [-0.1, -0.05) is 12.8 Å². The van der Waals surface area contributed by atoms with Crippen LogP contribution >= 0.6 is 0 Å². The maximum Gasteiger partial charge on any atom is 0.253 e. The lowest BCUT2D eigenvalue weighted by Crippen LogP contribution is -2.38. The fourth-order valence-electron chi connectivity index (χ4n) is 2.73. The molecule has 4 nitrogen and oxygen atoms in total. The van der Waals surface area contributed by atoms with E-state index in [-0.39, 0.29) is 11.6 Å². The van der Waals surface area contributed by atoms with Gasteiger partial charge in [0.05, 0.1) is 0 Å². The Morgan fingerprint density at radius 3 is 2.71 bits per heavy atom. The number of aromatic nitrogens is 2. The van der Waals surface area contributed by atoms with Gasteiger partial charge in [-0.2, -0.15) is 0 Å². The second-order valence-electron chi connectivity index (χ2n) is 5.10. The third-order valence-electron chi connectivity index (χ3n) is 3.73. The van der Waals surface area contributed by atoms with Gasteiger partial charge >= 0.3 is 0 Å². The predicted molar refractivity (Wildman–Crippen MR) is 67.9 cm³/mol. The van der Waals surface area contributed by atoms with Crippen molar-refractivity contribution in [1.82, 2.24) is 9.55 Å². The van der Waals surface area contributed by atoms with Crippen LogP contribution in [0.1, 0.15) is 37.2 Å². The second kappa shape index (κ2) is 5.00. The zero-order valence-corrected chi connectivity index (χ0v) is 10.6. The van der Waals surface area contributed by atoms with Crippen LogP contribution < -0.4 is 11.3 Å². The van der Waals surface area contributed by atoms with Crippen LogP contribution in [0.15, 0.2) is 10.9 Å². The molecule has 0 aromatic carbocycles. The van der Waals surface area contributed by atoms with E-state index in [2.05, 4.69) is 4.98 Å². The zero-order valence-electron chi connectivity index (χ0n) is 10.6. The van der Waals surface area contributed by atoms with E-state index in [1.807, 2.05) is 13.8 Å². The minimum absolute atomic E-state index is 0.0171. The Morgan fingerprint density at radius 2 is 2.12 bits per heavy atom. The Kier molecular flexibility index (Phi) is 3.62. The summed E-state index contributed by atoms with van der Waals surface area (Å²) < 4.78 is 1.70. The first kappa shape index (κ1) is 12.3. The van der Waals surface area contributed by atoms with E-state index in [1.54, 1.807) is 10.6 Å². The molecule has 4 heteroatoms. The molecule has 2 N–H and O–H groups in total. The topological polar surface area (TPSA) is 60.9 Å². The van der Waals surface area contributed by atoms with Crippen molar-refractivity contribution < 1.29 is 0 Å². The summed E-state index contributed by atoms with van der Waals surface area (Å²) in [7, 11) is 0. The average molecular weight is 235 g/mol. The number of nitrogens with two attached hydrogens (primary N) is 1. The predicted octanol–water partition coefficient (Wildman–Crippen LogP) is 1.38. The highest BCUT2D eigenvalue weighted by molar-refractivity contribution is 5.02. The molecule has 1 atom stereocenters. The highest BCUT2D eigenvalue weighted by atomic mass is 16.1. The standard InChI is InChI=1S/C13H21N3O/c1-9-7-13(17)16(10(2)15-9)8-12(14)11-5-3-4-6-11/h7,11-12H,3-6,8,14H2,1-2H3. The molecule has 0 saturated heterocycles. The van der Waals surface area contributed by atoms with Crippen molar-refractivity contribution >= 4 is 0 Å². The highest BCUT2D eigenvalue weighted by Gasteiger charge is 2.22. The third-order valence-corrected chi connectivity index (χ3v) is 3.73. The number of rotatable bonds is 3. The van der Waals surface area contributed by atoms with Gasteiger partial charge < -0.3 is 5.73 Å². The van der Waals surface area contributed by atoms with Gasteiger partial charge in [0.15, 0.2) is 0 Å². The van der Waals surface area contributed by atoms with Gasteiger partial charge in [-0.25, -0.2) is 4.98 Å². The summed E-state index contributed by atoms with van der Waals surface area (Å²) in [5.41, 5.74) is 6.99. The summed E-state index contributed by atoms with van der Waals surface area (Å²) in [6.45, 7) is 4.31. The van der Waals surface area contributed by atoms with Crippen LogP contribution in [0.2, 0.25) is 0 Å². The summed E-state index contributed by atoms with van der Waals surface area (Å²) >= 11 is 0. The average Bonchev–Trinajstić information content (AvgIpc) is 2.76. The fourth-order valence-corrected chi connectivity index (χ4v) is 2.73. The van der Waals surface area contributed by atoms with E-state index in [4.69, 9.17) is 5.73 Å². The minimum Gasteiger partial charge on any atom is -0.326 e. The lowest BCUT2D eigenvalue weighted by molar-refractivity contribution is 0.378. The molecule has 0 aliphatic heterocycles. The molecule has 1 aliphatic carbocycles. The van der Waals surface area contributed by atoms with Crippen molar-refractivity contribution in [1.29, 1.82) is 0 Å². The number of aryl methyl sites for hydroxylation is 2. The summed E-state index contributed by atoms with van der Waals surface area (Å²) in [4.78, 5) is 16.2. The Bertz CT molecular complexity index is 446. The summed E-state index contributed by atoms with van der Waals surface area (Å²) in [6, 6.07) is 1.66. The molecule has 0 spiro atoms. The monoisotopic (exact) mass is 235 g/mol. The van der Waals surface area contributed by atoms with Crippen molar-refractivity contribution in [3.8, 4) is 0 Å². The lowest BCUT2D eigenvalue weighted by Gasteiger charge is -2.20. The highest BCUT2D eigenvalue weighted by Crippen LogP contribution is 2.27. The van der Waals surface area contributed by atoms with E-state index in [0.29, 0.717) is 12.5 Å². The molecule has 0 bridgehead atoms. The van der Waals surface area contributed by atoms with Crippen LogP contribution in [0, 0.1) is 19.8 Å². The van der Waals surface area contributed by atoms with E-state index >= 15 is 0 Å². The molecular weight excluding hydrogens is 214 g/mol. The smallest absolute Gasteiger partial charge is 0.253 e. The maximum atomic E-state index is 11.9. The number of hydrogen-bond acceptors (Lipinski definition) is 3. The molecule has 1 aliphatic rings. The summed E-state index contributed by atoms with van der Waals surface area (Å²) in [5, 5.41) is 0. The SMILES string of the molecule is Cc1cc(=O)n(CC(N)C2CCCC2)c(C)n1. The Morgan fingerprint density at radius 1 is 1.47 bits per heavy atom. The first-order chi connectivity index (χ1) is 8.08. The molecule has 1 heterocycles. The van der Waals surface area contributed by atoms with E-state index in [1.165, 1.54) is 25.7 Å². The third kappa shape index (κ3) is 2.75. The first-order valence-corrected chi connectivity index (χ1v) is 6.38. The van der Waals surface area contributed by atoms with Crippen molar-refractivity contribution in [2.24, 2.45) is 11.7 Å². The van der Waals surface area contributed by atoms with Crippen LogP contribution in [0.25, 0.3) is 0 Å². The largest absolute Gasteiger partial charge is 0.326 e. The molecular formula is C13H21N3O. The van der Waals surface area contributed by atoms with Crippen LogP contribution in [0.4, 0.5) is 0 Å². The molecule has 17 heavy (non-hydrogen) atoms. The van der Waals surface area contributed by atoms with E-state index < -0.39 is 0 Å². The van der Waals surface area contributed by atoms with Crippen molar-refractivity contribution in [2.45, 2.75) is 52.1 Å². The van der Waals surface area contributed by atoms with Crippen LogP contribution in [-0.4, -0.2) is 15.6 Å². The number of nitrogens with zero attached hydrogens (tertiary/aromatic N) is 2. The van der Waals surface area contributed by atoms with Crippen molar-refractivity contribution in [3.63, 3.8) is 0 Å². The van der Waals surface area contributed by atoms with Crippen molar-refractivity contribution in [2.75, 3.05) is 0 Å². The first-order valence-electron chi connectivity index (χ1n) is 6.38. The van der Waals surface area contributed by atoms with Gasteiger partial charge in [-0.05, 0) is 32.6 Å². The molecule has 0 amide bonds. The van der Waals surface area contributed by atoms with Gasteiger partial charge in [0.1, 0.15) is 5.82 Å². The summed E-state index contributed by atoms with van der Waals surface area (Å²) in [6.07, 6.45) is 4.96. The second-order valence-corrected chi connectivity index (χ2v) is 5.10. The van der Waals surface area contributed by atoms with Gasteiger partial charge in [0, 0.05) is 24.3 Å². The lowest BCUT2D eigenvalue weighted by atomic mass is 9.99. The Hall–Kier alpha value is -1.16. The minimum atomic E-state index is 0.0171. The quantitative estimate of drug-likeness (QED) is 0.861. The molecule has 0 radical (unpaired) electrons. The zero-order chi connectivity index (χ0) is 12.4. The molecule has 1 saturated carbocycles. The fraction of sp³-hybridized carbons (Fsp3) is 0.692. The van der Waals surface area contributed by atoms with Gasteiger partial charge in [0.25, 0.3) is 5.56 Å². The molecule has 94 valence electrons. The van der Waals surface area contributed by atoms with E-state index in [9.17, 15) is 4.79 Å². The van der Waals surface area contributed by atoms with Crippen molar-refractivity contribution in [3.05, 3.63) is 27.9 Å². The normalized spacial score (nSPS) is 18.5. The van der Waals surface area contributed by atoms with Crippen LogP contribution in [0.3, 0.4) is 0 Å². The maximum absolute atomic E-state index is 11.9. The van der Waals surface area contributed by atoms with Crippen LogP contribution in [0.5, 0.6) is 0 Å². The summed E-state index contributed by atoms with van der Waals surface area (Å²) in [5.74, 6) is 1.34.